The molecule has 0 saturated carbocycles. The fourth-order valence-electron chi connectivity index (χ4n) is 2.66. The van der Waals surface area contributed by atoms with Crippen LogP contribution in [0.15, 0.2) is 46.9 Å². The van der Waals surface area contributed by atoms with Gasteiger partial charge in [-0.15, -0.1) is 11.3 Å². The fraction of sp³-hybridized carbons (Fsp3) is 0.278. The third-order valence-electron chi connectivity index (χ3n) is 4.14. The number of carbonyl (C=O) groups is 2. The van der Waals surface area contributed by atoms with Crippen molar-refractivity contribution in [1.29, 1.82) is 0 Å². The number of rotatable bonds is 4. The van der Waals surface area contributed by atoms with Crippen LogP contribution in [-0.4, -0.2) is 41.0 Å². The van der Waals surface area contributed by atoms with E-state index in [1.54, 1.807) is 18.4 Å². The van der Waals surface area contributed by atoms with Crippen LogP contribution >= 0.6 is 22.9 Å². The van der Waals surface area contributed by atoms with Crippen molar-refractivity contribution in [2.45, 2.75) is 19.4 Å². The van der Waals surface area contributed by atoms with Crippen molar-refractivity contribution in [2.24, 2.45) is 5.10 Å². The molecule has 7 heteroatoms. The zero-order chi connectivity index (χ0) is 18.0. The lowest BCUT2D eigenvalue weighted by atomic mass is 10.0. The van der Waals surface area contributed by atoms with Crippen LogP contribution in [0.5, 0.6) is 0 Å². The molecule has 130 valence electrons. The minimum Gasteiger partial charge on any atom is -0.337 e. The van der Waals surface area contributed by atoms with Crippen LogP contribution in [0.3, 0.4) is 0 Å². The maximum atomic E-state index is 12.7. The SMILES string of the molecule is CC(=O)N(C)CC(=O)N1N=C(c2cccs2)CC1c1ccc(Cl)cc1. The van der Waals surface area contributed by atoms with Gasteiger partial charge in [0.2, 0.25) is 5.91 Å². The monoisotopic (exact) mass is 375 g/mol. The minimum atomic E-state index is -0.204. The fourth-order valence-corrected chi connectivity index (χ4v) is 3.51. The van der Waals surface area contributed by atoms with Crippen molar-refractivity contribution in [3.63, 3.8) is 0 Å². The van der Waals surface area contributed by atoms with Crippen molar-refractivity contribution >= 4 is 40.5 Å². The molecule has 0 radical (unpaired) electrons. The van der Waals surface area contributed by atoms with Gasteiger partial charge in [0, 0.05) is 25.4 Å². The van der Waals surface area contributed by atoms with E-state index in [4.69, 9.17) is 11.6 Å². The summed E-state index contributed by atoms with van der Waals surface area (Å²) in [4.78, 5) is 26.6. The molecular weight excluding hydrogens is 358 g/mol. The van der Waals surface area contributed by atoms with E-state index in [2.05, 4.69) is 5.10 Å². The molecular formula is C18H18ClN3O2S. The van der Waals surface area contributed by atoms with Crippen molar-refractivity contribution in [3.05, 3.63) is 57.2 Å². The number of hydrogen-bond donors (Lipinski definition) is 0. The zero-order valence-corrected chi connectivity index (χ0v) is 15.5. The lowest BCUT2D eigenvalue weighted by molar-refractivity contribution is -0.139. The summed E-state index contributed by atoms with van der Waals surface area (Å²) in [7, 11) is 1.61. The predicted molar refractivity (Wildman–Crippen MR) is 99.8 cm³/mol. The van der Waals surface area contributed by atoms with Gasteiger partial charge < -0.3 is 4.90 Å². The van der Waals surface area contributed by atoms with Crippen LogP contribution in [0.4, 0.5) is 0 Å². The second kappa shape index (κ2) is 7.37. The summed E-state index contributed by atoms with van der Waals surface area (Å²) in [5, 5.41) is 8.70. The van der Waals surface area contributed by atoms with Gasteiger partial charge in [-0.1, -0.05) is 29.8 Å². The van der Waals surface area contributed by atoms with Crippen LogP contribution in [0.25, 0.3) is 0 Å². The lowest BCUT2D eigenvalue weighted by Crippen LogP contribution is -2.38. The maximum absolute atomic E-state index is 12.7. The molecule has 1 aliphatic heterocycles. The van der Waals surface area contributed by atoms with Crippen molar-refractivity contribution < 1.29 is 9.59 Å². The Labute approximate surface area is 155 Å². The molecule has 1 aromatic heterocycles. The molecule has 0 bridgehead atoms. The molecule has 0 aliphatic carbocycles. The summed E-state index contributed by atoms with van der Waals surface area (Å²) in [6.45, 7) is 1.44. The Kier molecular flexibility index (Phi) is 5.20. The van der Waals surface area contributed by atoms with Gasteiger partial charge in [-0.3, -0.25) is 9.59 Å². The first-order valence-corrected chi connectivity index (χ1v) is 9.12. The van der Waals surface area contributed by atoms with Crippen molar-refractivity contribution in [1.82, 2.24) is 9.91 Å². The molecule has 5 nitrogen and oxygen atoms in total. The topological polar surface area (TPSA) is 53.0 Å². The molecule has 2 heterocycles. The lowest BCUT2D eigenvalue weighted by Gasteiger charge is -2.24. The average Bonchev–Trinajstić information content (AvgIpc) is 3.24. The number of benzene rings is 1. The zero-order valence-electron chi connectivity index (χ0n) is 14.0. The molecule has 3 rings (SSSR count). The summed E-state index contributed by atoms with van der Waals surface area (Å²) in [6.07, 6.45) is 0.637. The van der Waals surface area contributed by atoms with E-state index in [0.29, 0.717) is 11.4 Å². The predicted octanol–water partition coefficient (Wildman–Crippen LogP) is 3.56. The number of likely N-dealkylation sites (N-methyl/N-ethyl adjacent to an activating group) is 1. The summed E-state index contributed by atoms with van der Waals surface area (Å²) >= 11 is 7.58. The number of thiophene rings is 1. The Morgan fingerprint density at radius 3 is 2.64 bits per heavy atom. The van der Waals surface area contributed by atoms with Gasteiger partial charge in [0.1, 0.15) is 6.54 Å². The van der Waals surface area contributed by atoms with Gasteiger partial charge in [-0.25, -0.2) is 5.01 Å². The molecule has 25 heavy (non-hydrogen) atoms. The van der Waals surface area contributed by atoms with Crippen molar-refractivity contribution in [3.8, 4) is 0 Å². The molecule has 1 unspecified atom stereocenters. The van der Waals surface area contributed by atoms with Crippen LogP contribution in [0.1, 0.15) is 29.8 Å². The number of amides is 2. The van der Waals surface area contributed by atoms with E-state index in [1.165, 1.54) is 16.8 Å². The molecule has 1 atom stereocenters. The first-order valence-electron chi connectivity index (χ1n) is 7.86. The molecule has 2 aromatic rings. The molecule has 0 N–H and O–H groups in total. The number of nitrogens with zero attached hydrogens (tertiary/aromatic N) is 3. The second-order valence-electron chi connectivity index (χ2n) is 5.91. The number of hydrazone groups is 1. The Balaban J connectivity index is 1.89. The largest absolute Gasteiger partial charge is 0.337 e. The van der Waals surface area contributed by atoms with Gasteiger partial charge in [0.15, 0.2) is 0 Å². The standard InChI is InChI=1S/C18H18ClN3O2S/c1-12(23)21(2)11-18(24)22-16(13-5-7-14(19)8-6-13)10-15(20-22)17-4-3-9-25-17/h3-9,16H,10-11H2,1-2H3. The highest BCUT2D eigenvalue weighted by Gasteiger charge is 2.33. The quantitative estimate of drug-likeness (QED) is 0.820. The molecule has 0 fully saturated rings. The van der Waals surface area contributed by atoms with E-state index in [-0.39, 0.29) is 24.4 Å². The van der Waals surface area contributed by atoms with Crippen molar-refractivity contribution in [2.75, 3.05) is 13.6 Å². The molecule has 0 spiro atoms. The maximum Gasteiger partial charge on any atom is 0.262 e. The van der Waals surface area contributed by atoms with Gasteiger partial charge >= 0.3 is 0 Å². The number of hydrogen-bond acceptors (Lipinski definition) is 4. The van der Waals surface area contributed by atoms with Gasteiger partial charge in [0.25, 0.3) is 5.91 Å². The average molecular weight is 376 g/mol. The molecule has 0 saturated heterocycles. The van der Waals surface area contributed by atoms with E-state index in [0.717, 1.165) is 16.2 Å². The van der Waals surface area contributed by atoms with Crippen LogP contribution in [-0.2, 0) is 9.59 Å². The first-order chi connectivity index (χ1) is 12.0. The first kappa shape index (κ1) is 17.6. The highest BCUT2D eigenvalue weighted by Crippen LogP contribution is 2.34. The Hall–Kier alpha value is -2.18. The summed E-state index contributed by atoms with van der Waals surface area (Å²) < 4.78 is 0. The third kappa shape index (κ3) is 3.91. The Bertz CT molecular complexity index is 802. The number of halogens is 1. The van der Waals surface area contributed by atoms with E-state index >= 15 is 0 Å². The van der Waals surface area contributed by atoms with Crippen LogP contribution in [0.2, 0.25) is 5.02 Å². The molecule has 1 aromatic carbocycles. The highest BCUT2D eigenvalue weighted by molar-refractivity contribution is 7.12. The third-order valence-corrected chi connectivity index (χ3v) is 5.31. The van der Waals surface area contributed by atoms with E-state index < -0.39 is 0 Å². The van der Waals surface area contributed by atoms with E-state index in [1.807, 2.05) is 41.8 Å². The van der Waals surface area contributed by atoms with Gasteiger partial charge in [-0.2, -0.15) is 5.10 Å². The molecule has 1 aliphatic rings. The van der Waals surface area contributed by atoms with Gasteiger partial charge in [-0.05, 0) is 29.1 Å². The Morgan fingerprint density at radius 1 is 1.32 bits per heavy atom. The van der Waals surface area contributed by atoms with E-state index in [9.17, 15) is 9.59 Å². The normalized spacial score (nSPS) is 16.7. The Morgan fingerprint density at radius 2 is 2.04 bits per heavy atom. The highest BCUT2D eigenvalue weighted by atomic mass is 35.5. The van der Waals surface area contributed by atoms with Gasteiger partial charge in [0.05, 0.1) is 16.6 Å². The second-order valence-corrected chi connectivity index (χ2v) is 7.29. The number of carbonyl (C=O) groups excluding carboxylic acids is 2. The molecule has 2 amide bonds. The van der Waals surface area contributed by atoms with Crippen LogP contribution < -0.4 is 0 Å². The summed E-state index contributed by atoms with van der Waals surface area (Å²) in [5.41, 5.74) is 1.85. The summed E-state index contributed by atoms with van der Waals surface area (Å²) in [5.74, 6) is -0.359. The minimum absolute atomic E-state index is 0.000638. The smallest absolute Gasteiger partial charge is 0.262 e. The summed E-state index contributed by atoms with van der Waals surface area (Å²) in [6, 6.07) is 11.2. The van der Waals surface area contributed by atoms with Crippen LogP contribution in [0, 0.1) is 0 Å².